The second kappa shape index (κ2) is 6.48. The molecule has 0 radical (unpaired) electrons. The van der Waals surface area contributed by atoms with Crippen LogP contribution in [0.5, 0.6) is 0 Å². The Labute approximate surface area is 161 Å². The van der Waals surface area contributed by atoms with Crippen LogP contribution in [0.3, 0.4) is 0 Å². The zero-order valence-corrected chi connectivity index (χ0v) is 16.4. The zero-order chi connectivity index (χ0) is 19.4. The summed E-state index contributed by atoms with van der Waals surface area (Å²) in [5.41, 5.74) is -0.0370. The molecule has 0 spiro atoms. The quantitative estimate of drug-likeness (QED) is 0.597. The summed E-state index contributed by atoms with van der Waals surface area (Å²) < 4.78 is 5.85. The van der Waals surface area contributed by atoms with E-state index in [1.54, 1.807) is 6.08 Å². The van der Waals surface area contributed by atoms with Gasteiger partial charge < -0.3 is 9.84 Å². The van der Waals surface area contributed by atoms with Crippen molar-refractivity contribution in [3.8, 4) is 12.3 Å². The first-order valence-corrected chi connectivity index (χ1v) is 10.5. The maximum Gasteiger partial charge on any atom is 0.304 e. The Kier molecular flexibility index (Phi) is 4.50. The van der Waals surface area contributed by atoms with Gasteiger partial charge in [-0.1, -0.05) is 12.8 Å². The fraction of sp³-hybridized carbons (Fsp3) is 0.739. The van der Waals surface area contributed by atoms with Crippen LogP contribution < -0.4 is 0 Å². The third-order valence-corrected chi connectivity index (χ3v) is 8.35. The molecule has 0 aromatic rings. The Morgan fingerprint density at radius 3 is 2.78 bits per heavy atom. The lowest BCUT2D eigenvalue weighted by atomic mass is 9.49. The minimum Gasteiger partial charge on any atom is -0.445 e. The van der Waals surface area contributed by atoms with Crippen molar-refractivity contribution in [3.05, 3.63) is 11.6 Å². The highest BCUT2D eigenvalue weighted by Crippen LogP contribution is 2.67. The van der Waals surface area contributed by atoms with Gasteiger partial charge in [0.2, 0.25) is 0 Å². The van der Waals surface area contributed by atoms with Gasteiger partial charge in [0.15, 0.2) is 11.4 Å². The minimum absolute atomic E-state index is 0.152. The average molecular weight is 370 g/mol. The van der Waals surface area contributed by atoms with Crippen molar-refractivity contribution in [2.75, 3.05) is 0 Å². The van der Waals surface area contributed by atoms with Crippen LogP contribution in [0.15, 0.2) is 11.6 Å². The summed E-state index contributed by atoms with van der Waals surface area (Å²) in [5, 5.41) is 10.8. The van der Waals surface area contributed by atoms with Crippen LogP contribution in [-0.4, -0.2) is 28.6 Å². The number of fused-ring (bicyclic) bond motifs is 5. The third-order valence-electron chi connectivity index (χ3n) is 8.35. The molecule has 4 heteroatoms. The Hall–Kier alpha value is -1.60. The molecule has 0 unspecified atom stereocenters. The molecule has 0 heterocycles. The molecule has 7 atom stereocenters. The molecule has 0 aromatic heterocycles. The maximum absolute atomic E-state index is 11.9. The first-order chi connectivity index (χ1) is 12.9. The number of aliphatic hydroxyl groups is 1. The van der Waals surface area contributed by atoms with Gasteiger partial charge in [-0.05, 0) is 80.3 Å². The van der Waals surface area contributed by atoms with E-state index in [4.69, 9.17) is 11.2 Å². The van der Waals surface area contributed by atoms with Crippen molar-refractivity contribution >= 4 is 11.8 Å². The van der Waals surface area contributed by atoms with E-state index in [0.717, 1.165) is 37.7 Å². The molecule has 0 saturated heterocycles. The van der Waals surface area contributed by atoms with Gasteiger partial charge in [-0.15, -0.1) is 6.42 Å². The van der Waals surface area contributed by atoms with Crippen LogP contribution in [0.1, 0.15) is 65.2 Å². The number of hydrogen-bond acceptors (Lipinski definition) is 4. The van der Waals surface area contributed by atoms with Gasteiger partial charge in [0, 0.05) is 18.8 Å². The first kappa shape index (κ1) is 18.7. The molecule has 4 aliphatic rings. The molecule has 146 valence electrons. The summed E-state index contributed by atoms with van der Waals surface area (Å²) in [7, 11) is 0. The van der Waals surface area contributed by atoms with Crippen molar-refractivity contribution in [1.29, 1.82) is 0 Å². The number of carbonyl (C=O) groups excluding carboxylic acids is 2. The van der Waals surface area contributed by atoms with E-state index in [0.29, 0.717) is 42.9 Å². The summed E-state index contributed by atoms with van der Waals surface area (Å²) in [6, 6.07) is 0. The van der Waals surface area contributed by atoms with Gasteiger partial charge in [-0.3, -0.25) is 9.59 Å². The second-order valence-corrected chi connectivity index (χ2v) is 9.09. The smallest absolute Gasteiger partial charge is 0.304 e. The van der Waals surface area contributed by atoms with Crippen molar-refractivity contribution in [1.82, 2.24) is 0 Å². The maximum atomic E-state index is 11.9. The van der Waals surface area contributed by atoms with Crippen LogP contribution in [0.25, 0.3) is 0 Å². The topological polar surface area (TPSA) is 63.6 Å². The Morgan fingerprint density at radius 2 is 2.11 bits per heavy atom. The van der Waals surface area contributed by atoms with E-state index < -0.39 is 11.7 Å². The number of rotatable bonds is 2. The van der Waals surface area contributed by atoms with Crippen LogP contribution in [-0.2, 0) is 14.3 Å². The van der Waals surface area contributed by atoms with Crippen molar-refractivity contribution in [2.45, 2.75) is 76.9 Å². The van der Waals surface area contributed by atoms with Crippen LogP contribution >= 0.6 is 0 Å². The van der Waals surface area contributed by atoms with Gasteiger partial charge in [-0.25, -0.2) is 0 Å². The van der Waals surface area contributed by atoms with Gasteiger partial charge in [0.05, 0.1) is 6.10 Å². The SMILES string of the molecule is C#C[C@]1(OC(C)=O)CC[C@H]2[C@@H]3C[C@@H](O)C4=CC(=O)CC[C@@H]4[C@H]3CC[C@@]21CC. The van der Waals surface area contributed by atoms with Crippen molar-refractivity contribution < 1.29 is 19.4 Å². The summed E-state index contributed by atoms with van der Waals surface area (Å²) in [6.45, 7) is 3.61. The summed E-state index contributed by atoms with van der Waals surface area (Å²) >= 11 is 0. The standard InChI is InChI=1S/C23H30O4/c1-4-22-10-8-17-16-7-6-15(25)12-19(16)21(26)13-18(17)20(22)9-11-23(22,5-2)27-14(3)24/h2,12,16-18,20-21,26H,4,6-11,13H2,1,3H3/t16-,17-,18-,20+,21-,22+,23+/m1/s1. The van der Waals surface area contributed by atoms with Crippen molar-refractivity contribution in [3.63, 3.8) is 0 Å². The van der Waals surface area contributed by atoms with E-state index in [-0.39, 0.29) is 17.2 Å². The highest BCUT2D eigenvalue weighted by atomic mass is 16.6. The lowest BCUT2D eigenvalue weighted by molar-refractivity contribution is -0.171. The van der Waals surface area contributed by atoms with Crippen LogP contribution in [0.2, 0.25) is 0 Å². The van der Waals surface area contributed by atoms with Crippen molar-refractivity contribution in [2.24, 2.45) is 29.1 Å². The van der Waals surface area contributed by atoms with E-state index in [1.165, 1.54) is 6.92 Å². The van der Waals surface area contributed by atoms with Crippen LogP contribution in [0.4, 0.5) is 0 Å². The van der Waals surface area contributed by atoms with Gasteiger partial charge in [0.25, 0.3) is 0 Å². The number of hydrogen-bond donors (Lipinski definition) is 1. The highest BCUT2D eigenvalue weighted by molar-refractivity contribution is 5.91. The average Bonchev–Trinajstić information content (AvgIpc) is 2.97. The summed E-state index contributed by atoms with van der Waals surface area (Å²) in [4.78, 5) is 23.7. The number of terminal acetylenes is 1. The van der Waals surface area contributed by atoms with E-state index >= 15 is 0 Å². The molecule has 0 aliphatic heterocycles. The lowest BCUT2D eigenvalue weighted by Gasteiger charge is -2.57. The van der Waals surface area contributed by atoms with E-state index in [1.807, 2.05) is 0 Å². The molecule has 0 amide bonds. The molecule has 4 rings (SSSR count). The van der Waals surface area contributed by atoms with Gasteiger partial charge in [0.1, 0.15) is 0 Å². The predicted molar refractivity (Wildman–Crippen MR) is 101 cm³/mol. The lowest BCUT2D eigenvalue weighted by Crippen LogP contribution is -2.56. The Balaban J connectivity index is 1.71. The summed E-state index contributed by atoms with van der Waals surface area (Å²) in [6.07, 6.45) is 13.9. The number of esters is 1. The fourth-order valence-electron chi connectivity index (χ4n) is 7.37. The number of carbonyl (C=O) groups is 2. The molecule has 27 heavy (non-hydrogen) atoms. The Bertz CT molecular complexity index is 731. The highest BCUT2D eigenvalue weighted by Gasteiger charge is 2.66. The molecule has 0 bridgehead atoms. The Morgan fingerprint density at radius 1 is 1.33 bits per heavy atom. The predicted octanol–water partition coefficient (Wildman–Crippen LogP) is 3.42. The largest absolute Gasteiger partial charge is 0.445 e. The number of ketones is 1. The molecule has 1 N–H and O–H groups in total. The first-order valence-electron chi connectivity index (χ1n) is 10.5. The molecular formula is C23H30O4. The third kappa shape index (κ3) is 2.54. The molecule has 3 saturated carbocycles. The summed E-state index contributed by atoms with van der Waals surface area (Å²) in [5.74, 6) is 4.33. The number of aliphatic hydroxyl groups excluding tert-OH is 1. The molecular weight excluding hydrogens is 340 g/mol. The van der Waals surface area contributed by atoms with E-state index in [9.17, 15) is 14.7 Å². The fourth-order valence-corrected chi connectivity index (χ4v) is 7.37. The normalized spacial score (nSPS) is 45.8. The second-order valence-electron chi connectivity index (χ2n) is 9.09. The monoisotopic (exact) mass is 370 g/mol. The molecule has 4 nitrogen and oxygen atoms in total. The molecule has 4 aliphatic carbocycles. The van der Waals surface area contributed by atoms with Gasteiger partial charge in [-0.2, -0.15) is 0 Å². The van der Waals surface area contributed by atoms with Crippen LogP contribution in [0, 0.1) is 41.4 Å². The van der Waals surface area contributed by atoms with Gasteiger partial charge >= 0.3 is 5.97 Å². The van der Waals surface area contributed by atoms with E-state index in [2.05, 4.69) is 12.8 Å². The number of ether oxygens (including phenoxy) is 1. The minimum atomic E-state index is -0.813. The zero-order valence-electron chi connectivity index (χ0n) is 16.4. The molecule has 3 fully saturated rings. The molecule has 0 aromatic carbocycles.